The molecule has 37 heavy (non-hydrogen) atoms. The maximum Gasteiger partial charge on any atom is 0.303 e. The Bertz CT molecular complexity index is 1520. The van der Waals surface area contributed by atoms with Crippen molar-refractivity contribution in [2.24, 2.45) is 0 Å². The van der Waals surface area contributed by atoms with Crippen LogP contribution in [0.1, 0.15) is 50.7 Å². The molecular formula is C26H31N4O5S2+. The number of rotatable bonds is 10. The first-order chi connectivity index (χ1) is 17.4. The molecule has 0 spiro atoms. The third-order valence-electron chi connectivity index (χ3n) is 6.76. The zero-order chi connectivity index (χ0) is 27.0. The van der Waals surface area contributed by atoms with Gasteiger partial charge < -0.3 is 10.0 Å². The van der Waals surface area contributed by atoms with Gasteiger partial charge in [-0.15, -0.1) is 0 Å². The average molecular weight is 544 g/mol. The van der Waals surface area contributed by atoms with Crippen LogP contribution < -0.4 is 4.90 Å². The van der Waals surface area contributed by atoms with Gasteiger partial charge in [0.2, 0.25) is 5.69 Å². The van der Waals surface area contributed by atoms with Gasteiger partial charge in [-0.3, -0.25) is 9.35 Å². The van der Waals surface area contributed by atoms with Crippen molar-refractivity contribution in [1.29, 1.82) is 0 Å². The van der Waals surface area contributed by atoms with Crippen molar-refractivity contribution in [3.63, 3.8) is 0 Å². The Balaban J connectivity index is 1.75. The van der Waals surface area contributed by atoms with Gasteiger partial charge in [-0.2, -0.15) is 21.7 Å². The molecule has 1 aliphatic heterocycles. The number of fused-ring (bicyclic) bond motifs is 2. The van der Waals surface area contributed by atoms with Gasteiger partial charge in [-0.05, 0) is 51.0 Å². The first-order valence-electron chi connectivity index (χ1n) is 12.0. The summed E-state index contributed by atoms with van der Waals surface area (Å²) >= 11 is 1.17. The van der Waals surface area contributed by atoms with E-state index in [-0.39, 0.29) is 11.3 Å². The highest BCUT2D eigenvalue weighted by Crippen LogP contribution is 2.41. The van der Waals surface area contributed by atoms with E-state index in [1.807, 2.05) is 57.1 Å². The van der Waals surface area contributed by atoms with E-state index in [0.29, 0.717) is 13.0 Å². The van der Waals surface area contributed by atoms with Crippen LogP contribution in [0.2, 0.25) is 0 Å². The summed E-state index contributed by atoms with van der Waals surface area (Å²) in [6.07, 6.45) is 6.31. The minimum atomic E-state index is -4.35. The largest absolute Gasteiger partial charge is 0.481 e. The number of benzene rings is 2. The number of aromatic nitrogens is 2. The molecule has 0 bridgehead atoms. The normalized spacial score (nSPS) is 15.1. The lowest BCUT2D eigenvalue weighted by molar-refractivity contribution is -0.438. The van der Waals surface area contributed by atoms with Crippen molar-refractivity contribution in [2.75, 3.05) is 25.5 Å². The second-order valence-electron chi connectivity index (χ2n) is 9.88. The third kappa shape index (κ3) is 5.43. The van der Waals surface area contributed by atoms with E-state index in [0.717, 1.165) is 52.1 Å². The predicted octanol–water partition coefficient (Wildman–Crippen LogP) is 4.74. The second-order valence-corrected chi connectivity index (χ2v) is 11.8. The fraction of sp³-hybridized carbons (Fsp3) is 0.385. The molecule has 1 aromatic heterocycles. The van der Waals surface area contributed by atoms with Crippen LogP contribution in [0.5, 0.6) is 0 Å². The molecule has 0 amide bonds. The molecule has 0 radical (unpaired) electrons. The van der Waals surface area contributed by atoms with Gasteiger partial charge in [0.05, 0.1) is 27.7 Å². The fourth-order valence-corrected chi connectivity index (χ4v) is 5.90. The van der Waals surface area contributed by atoms with Crippen LogP contribution in [0.3, 0.4) is 0 Å². The first-order valence-corrected chi connectivity index (χ1v) is 14.2. The van der Waals surface area contributed by atoms with Crippen LogP contribution in [0.4, 0.5) is 11.4 Å². The van der Waals surface area contributed by atoms with E-state index < -0.39 is 21.5 Å². The Kier molecular flexibility index (Phi) is 7.50. The molecule has 0 unspecified atom stereocenters. The Morgan fingerprint density at radius 1 is 1.08 bits per heavy atom. The van der Waals surface area contributed by atoms with Gasteiger partial charge in [-0.25, -0.2) is 0 Å². The highest BCUT2D eigenvalue weighted by molar-refractivity contribution is 7.85. The standard InChI is InChI=1S/C26H30N4O5S2/c1-26(2)19-16-18(37(33,34)35)11-13-20(19)30(15-7-5-6-8-23(31)32)22(26)14-10-17-9-12-21(29(3)4)25-24(17)27-36-28-25/h9-14,16H,5-8,15H2,1-4H3,(H-,31,32,33,34,35)/p+1. The minimum absolute atomic E-state index is 0.136. The second kappa shape index (κ2) is 10.3. The number of carboxylic acids is 1. The summed E-state index contributed by atoms with van der Waals surface area (Å²) in [5, 5.41) is 8.94. The summed E-state index contributed by atoms with van der Waals surface area (Å²) < 4.78 is 44.5. The molecule has 0 saturated carbocycles. The molecule has 0 fully saturated rings. The van der Waals surface area contributed by atoms with Gasteiger partial charge in [0, 0.05) is 50.2 Å². The fourth-order valence-electron chi connectivity index (χ4n) is 4.82. The molecule has 196 valence electrons. The summed E-state index contributed by atoms with van der Waals surface area (Å²) in [6, 6.07) is 8.71. The van der Waals surface area contributed by atoms with Crippen molar-refractivity contribution < 1.29 is 27.4 Å². The summed E-state index contributed by atoms with van der Waals surface area (Å²) in [5.41, 5.74) is 5.67. The van der Waals surface area contributed by atoms with E-state index in [4.69, 9.17) is 5.11 Å². The van der Waals surface area contributed by atoms with Crippen molar-refractivity contribution in [3.8, 4) is 0 Å². The third-order valence-corrected chi connectivity index (χ3v) is 8.14. The molecular weight excluding hydrogens is 512 g/mol. The topological polar surface area (TPSA) is 124 Å². The van der Waals surface area contributed by atoms with Crippen LogP contribution in [0.25, 0.3) is 17.1 Å². The lowest BCUT2D eigenvalue weighted by Crippen LogP contribution is -2.28. The van der Waals surface area contributed by atoms with Gasteiger partial charge >= 0.3 is 5.97 Å². The monoisotopic (exact) mass is 543 g/mol. The minimum Gasteiger partial charge on any atom is -0.481 e. The van der Waals surface area contributed by atoms with Gasteiger partial charge in [-0.1, -0.05) is 6.07 Å². The Morgan fingerprint density at radius 3 is 2.49 bits per heavy atom. The number of carbonyl (C=O) groups is 1. The van der Waals surface area contributed by atoms with Crippen LogP contribution >= 0.6 is 11.7 Å². The van der Waals surface area contributed by atoms with Crippen molar-refractivity contribution in [3.05, 3.63) is 47.5 Å². The molecule has 0 atom stereocenters. The molecule has 0 aliphatic carbocycles. The van der Waals surface area contributed by atoms with Crippen LogP contribution in [-0.4, -0.2) is 63.7 Å². The molecule has 11 heteroatoms. The van der Waals surface area contributed by atoms with Gasteiger partial charge in [0.25, 0.3) is 10.1 Å². The van der Waals surface area contributed by atoms with E-state index >= 15 is 0 Å². The zero-order valence-corrected chi connectivity index (χ0v) is 22.9. The van der Waals surface area contributed by atoms with Crippen molar-refractivity contribution in [2.45, 2.75) is 49.8 Å². The number of nitrogens with zero attached hydrogens (tertiary/aromatic N) is 4. The maximum atomic E-state index is 11.8. The molecule has 1 aliphatic rings. The smallest absolute Gasteiger partial charge is 0.303 e. The van der Waals surface area contributed by atoms with Gasteiger partial charge in [0.15, 0.2) is 5.71 Å². The predicted molar refractivity (Wildman–Crippen MR) is 146 cm³/mol. The van der Waals surface area contributed by atoms with Crippen LogP contribution in [-0.2, 0) is 20.3 Å². The quantitative estimate of drug-likeness (QED) is 0.214. The number of hydrogen-bond donors (Lipinski definition) is 2. The van der Waals surface area contributed by atoms with E-state index in [2.05, 4.69) is 13.3 Å². The van der Waals surface area contributed by atoms with Crippen molar-refractivity contribution in [1.82, 2.24) is 8.75 Å². The first kappa shape index (κ1) is 26.9. The SMILES string of the molecule is CN(C)c1ccc(/C=C/C2=[N+](CCCCCC(=O)O)c3ccc(S(=O)(=O)O)cc3C2(C)C)c2nsnc12. The molecule has 9 nitrogen and oxygen atoms in total. The number of allylic oxidation sites excluding steroid dienone is 1. The highest BCUT2D eigenvalue weighted by Gasteiger charge is 2.44. The summed E-state index contributed by atoms with van der Waals surface area (Å²) in [6.45, 7) is 4.70. The van der Waals surface area contributed by atoms with E-state index in [1.165, 1.54) is 23.9 Å². The van der Waals surface area contributed by atoms with E-state index in [9.17, 15) is 17.8 Å². The lowest BCUT2D eigenvalue weighted by Gasteiger charge is -2.16. The number of carboxylic acid groups (broad SMARTS) is 1. The number of hydrogen-bond acceptors (Lipinski definition) is 7. The van der Waals surface area contributed by atoms with Crippen molar-refractivity contribution >= 4 is 62.0 Å². The summed E-state index contributed by atoms with van der Waals surface area (Å²) in [5.74, 6) is -0.802. The number of aliphatic carboxylic acids is 1. The Hall–Kier alpha value is -3.15. The average Bonchev–Trinajstić information content (AvgIpc) is 3.38. The molecule has 3 aromatic rings. The summed E-state index contributed by atoms with van der Waals surface area (Å²) in [4.78, 5) is 12.7. The highest BCUT2D eigenvalue weighted by atomic mass is 32.2. The zero-order valence-electron chi connectivity index (χ0n) is 21.3. The maximum absolute atomic E-state index is 11.8. The Labute approximate surface area is 220 Å². The number of anilines is 1. The Morgan fingerprint density at radius 2 is 1.81 bits per heavy atom. The lowest BCUT2D eigenvalue weighted by atomic mass is 9.81. The molecule has 2 N–H and O–H groups in total. The molecule has 4 rings (SSSR count). The number of unbranched alkanes of at least 4 members (excludes halogenated alkanes) is 2. The van der Waals surface area contributed by atoms with Crippen LogP contribution in [0.15, 0.2) is 41.3 Å². The molecule has 2 aromatic carbocycles. The summed E-state index contributed by atoms with van der Waals surface area (Å²) in [7, 11) is -0.415. The van der Waals surface area contributed by atoms with E-state index in [1.54, 1.807) is 6.07 Å². The molecule has 2 heterocycles. The van der Waals surface area contributed by atoms with Crippen LogP contribution in [0, 0.1) is 0 Å². The van der Waals surface area contributed by atoms with Gasteiger partial charge in [0.1, 0.15) is 17.6 Å². The molecule has 0 saturated heterocycles.